The first kappa shape index (κ1) is 19.3. The number of para-hydroxylation sites is 1. The lowest BCUT2D eigenvalue weighted by atomic mass is 10.0. The van der Waals surface area contributed by atoms with Crippen molar-refractivity contribution in [3.05, 3.63) is 76.1 Å². The summed E-state index contributed by atoms with van der Waals surface area (Å²) < 4.78 is 7.51. The number of rotatable bonds is 6. The van der Waals surface area contributed by atoms with Crippen molar-refractivity contribution in [2.45, 2.75) is 38.4 Å². The van der Waals surface area contributed by atoms with Crippen molar-refractivity contribution < 1.29 is 4.74 Å². The molecule has 5 heteroatoms. The van der Waals surface area contributed by atoms with Crippen LogP contribution in [0.15, 0.2) is 59.4 Å². The van der Waals surface area contributed by atoms with Crippen molar-refractivity contribution in [1.82, 2.24) is 14.8 Å². The zero-order chi connectivity index (χ0) is 20.3. The minimum Gasteiger partial charge on any atom is -0.493 e. The summed E-state index contributed by atoms with van der Waals surface area (Å²) in [6.07, 6.45) is 3.33. The molecule has 156 valence electrons. The molecule has 0 unspecified atom stereocenters. The lowest BCUT2D eigenvalue weighted by Crippen LogP contribution is -2.43. The fraction of sp³-hybridized carbons (Fsp3) is 0.400. The Balaban J connectivity index is 1.12. The number of benzene rings is 2. The highest BCUT2D eigenvalue weighted by Crippen LogP contribution is 2.26. The zero-order valence-electron chi connectivity index (χ0n) is 17.3. The maximum Gasteiger partial charge on any atom is 0.251 e. The quantitative estimate of drug-likeness (QED) is 0.687. The van der Waals surface area contributed by atoms with E-state index in [1.54, 1.807) is 6.07 Å². The van der Waals surface area contributed by atoms with Gasteiger partial charge in [-0.25, -0.2) is 0 Å². The van der Waals surface area contributed by atoms with E-state index in [1.165, 1.54) is 11.1 Å². The van der Waals surface area contributed by atoms with Crippen molar-refractivity contribution in [2.24, 2.45) is 0 Å². The average Bonchev–Trinajstić information content (AvgIpc) is 3.26. The van der Waals surface area contributed by atoms with Crippen LogP contribution in [0, 0.1) is 0 Å². The van der Waals surface area contributed by atoms with E-state index >= 15 is 0 Å². The van der Waals surface area contributed by atoms with Crippen LogP contribution in [0.1, 0.15) is 24.0 Å². The number of pyridine rings is 1. The lowest BCUT2D eigenvalue weighted by molar-refractivity contribution is 0.191. The molecule has 0 bridgehead atoms. The Morgan fingerprint density at radius 2 is 1.87 bits per heavy atom. The molecule has 30 heavy (non-hydrogen) atoms. The van der Waals surface area contributed by atoms with Gasteiger partial charge >= 0.3 is 0 Å². The topological polar surface area (TPSA) is 46.5 Å². The van der Waals surface area contributed by atoms with Crippen LogP contribution in [-0.2, 0) is 19.5 Å². The Kier molecular flexibility index (Phi) is 5.56. The second-order valence-electron chi connectivity index (χ2n) is 8.42. The largest absolute Gasteiger partial charge is 0.493 e. The van der Waals surface area contributed by atoms with Gasteiger partial charge in [0.05, 0.1) is 12.1 Å². The minimum atomic E-state index is 0.0880. The number of aromatic nitrogens is 1. The molecule has 1 saturated heterocycles. The van der Waals surface area contributed by atoms with E-state index < -0.39 is 0 Å². The zero-order valence-corrected chi connectivity index (χ0v) is 17.3. The highest BCUT2D eigenvalue weighted by atomic mass is 16.5. The average molecular weight is 404 g/mol. The molecule has 1 aromatic heterocycles. The Morgan fingerprint density at radius 3 is 2.77 bits per heavy atom. The van der Waals surface area contributed by atoms with Crippen LogP contribution in [0.25, 0.3) is 10.9 Å². The first-order valence-corrected chi connectivity index (χ1v) is 11.1. The van der Waals surface area contributed by atoms with E-state index in [0.29, 0.717) is 6.04 Å². The van der Waals surface area contributed by atoms with Gasteiger partial charge < -0.3 is 19.5 Å². The predicted octanol–water partition coefficient (Wildman–Crippen LogP) is 3.19. The van der Waals surface area contributed by atoms with Gasteiger partial charge in [0, 0.05) is 38.2 Å². The van der Waals surface area contributed by atoms with Crippen LogP contribution in [0.5, 0.6) is 5.75 Å². The SMILES string of the molecule is O=c1ccc2ccccc2n1CCN1CCC(NCc2ccc3c(c2)CCO3)CC1. The molecule has 1 N–H and O–H groups in total. The summed E-state index contributed by atoms with van der Waals surface area (Å²) in [6, 6.07) is 18.9. The number of fused-ring (bicyclic) bond motifs is 2. The molecule has 5 rings (SSSR count). The van der Waals surface area contributed by atoms with E-state index in [1.807, 2.05) is 28.8 Å². The van der Waals surface area contributed by atoms with Gasteiger partial charge in [0.15, 0.2) is 0 Å². The van der Waals surface area contributed by atoms with Crippen LogP contribution in [0.2, 0.25) is 0 Å². The van der Waals surface area contributed by atoms with E-state index in [4.69, 9.17) is 4.74 Å². The van der Waals surface area contributed by atoms with Crippen LogP contribution < -0.4 is 15.6 Å². The van der Waals surface area contributed by atoms with Crippen molar-refractivity contribution in [3.63, 3.8) is 0 Å². The molecule has 0 radical (unpaired) electrons. The van der Waals surface area contributed by atoms with Gasteiger partial charge in [-0.05, 0) is 60.6 Å². The molecule has 0 atom stereocenters. The Hall–Kier alpha value is -2.63. The van der Waals surface area contributed by atoms with Crippen molar-refractivity contribution >= 4 is 10.9 Å². The van der Waals surface area contributed by atoms with Gasteiger partial charge in [-0.15, -0.1) is 0 Å². The maximum atomic E-state index is 12.4. The van der Waals surface area contributed by atoms with Crippen molar-refractivity contribution in [3.8, 4) is 5.75 Å². The third-order valence-electron chi connectivity index (χ3n) is 6.48. The van der Waals surface area contributed by atoms with Gasteiger partial charge in [-0.3, -0.25) is 4.79 Å². The fourth-order valence-electron chi connectivity index (χ4n) is 4.69. The summed E-state index contributed by atoms with van der Waals surface area (Å²) in [5, 5.41) is 4.86. The van der Waals surface area contributed by atoms with Gasteiger partial charge in [0.2, 0.25) is 0 Å². The third-order valence-corrected chi connectivity index (χ3v) is 6.48. The molecule has 3 heterocycles. The van der Waals surface area contributed by atoms with E-state index in [0.717, 1.165) is 75.2 Å². The van der Waals surface area contributed by atoms with E-state index in [-0.39, 0.29) is 5.56 Å². The molecule has 2 aliphatic rings. The van der Waals surface area contributed by atoms with Crippen molar-refractivity contribution in [1.29, 1.82) is 0 Å². The number of nitrogens with one attached hydrogen (secondary N) is 1. The molecule has 0 saturated carbocycles. The molecule has 0 amide bonds. The third kappa shape index (κ3) is 4.13. The van der Waals surface area contributed by atoms with Gasteiger partial charge in [0.25, 0.3) is 5.56 Å². The first-order valence-electron chi connectivity index (χ1n) is 11.1. The first-order chi connectivity index (χ1) is 14.8. The molecular formula is C25H29N3O2. The lowest BCUT2D eigenvalue weighted by Gasteiger charge is -2.32. The summed E-state index contributed by atoms with van der Waals surface area (Å²) >= 11 is 0. The fourth-order valence-corrected chi connectivity index (χ4v) is 4.69. The molecular weight excluding hydrogens is 374 g/mol. The van der Waals surface area contributed by atoms with Crippen molar-refractivity contribution in [2.75, 3.05) is 26.2 Å². The Morgan fingerprint density at radius 1 is 1.00 bits per heavy atom. The van der Waals surface area contributed by atoms with Crippen LogP contribution in [0.4, 0.5) is 0 Å². The summed E-state index contributed by atoms with van der Waals surface area (Å²) in [5.74, 6) is 1.05. The molecule has 5 nitrogen and oxygen atoms in total. The molecule has 2 aromatic carbocycles. The smallest absolute Gasteiger partial charge is 0.251 e. The van der Waals surface area contributed by atoms with Crippen LogP contribution in [-0.4, -0.2) is 41.8 Å². The molecule has 0 spiro atoms. The predicted molar refractivity (Wildman–Crippen MR) is 120 cm³/mol. The normalized spacial score (nSPS) is 17.2. The van der Waals surface area contributed by atoms with Gasteiger partial charge in [0.1, 0.15) is 5.75 Å². The standard InChI is InChI=1S/C25H29N3O2/c29-25-8-6-20-3-1-2-4-23(20)28(25)15-14-27-12-9-22(10-13-27)26-18-19-5-7-24-21(17-19)11-16-30-24/h1-8,17,22,26H,9-16,18H2. The van der Waals surface area contributed by atoms with E-state index in [9.17, 15) is 4.79 Å². The summed E-state index contributed by atoms with van der Waals surface area (Å²) in [6.45, 7) is 5.56. The number of hydrogen-bond donors (Lipinski definition) is 1. The summed E-state index contributed by atoms with van der Waals surface area (Å²) in [4.78, 5) is 14.9. The molecule has 3 aromatic rings. The molecule has 2 aliphatic heterocycles. The number of likely N-dealkylation sites (tertiary alicyclic amines) is 1. The van der Waals surface area contributed by atoms with E-state index in [2.05, 4.69) is 34.5 Å². The Labute approximate surface area is 177 Å². The number of hydrogen-bond acceptors (Lipinski definition) is 4. The number of ether oxygens (including phenoxy) is 1. The van der Waals surface area contributed by atoms with Crippen LogP contribution >= 0.6 is 0 Å². The van der Waals surface area contributed by atoms with Crippen LogP contribution in [0.3, 0.4) is 0 Å². The maximum absolute atomic E-state index is 12.4. The molecule has 1 fully saturated rings. The highest BCUT2D eigenvalue weighted by Gasteiger charge is 2.19. The summed E-state index contributed by atoms with van der Waals surface area (Å²) in [7, 11) is 0. The second-order valence-corrected chi connectivity index (χ2v) is 8.42. The Bertz CT molecular complexity index is 1080. The monoisotopic (exact) mass is 403 g/mol. The minimum absolute atomic E-state index is 0.0880. The van der Waals surface area contributed by atoms with Gasteiger partial charge in [-0.1, -0.05) is 30.3 Å². The summed E-state index contributed by atoms with van der Waals surface area (Å²) in [5.41, 5.74) is 3.80. The highest BCUT2D eigenvalue weighted by molar-refractivity contribution is 5.78. The number of piperidine rings is 1. The second kappa shape index (κ2) is 8.62. The number of nitrogens with zero attached hydrogens (tertiary/aromatic N) is 2. The molecule has 0 aliphatic carbocycles. The van der Waals surface area contributed by atoms with Gasteiger partial charge in [-0.2, -0.15) is 0 Å².